The molecule has 2 heterocycles. The van der Waals surface area contributed by atoms with Gasteiger partial charge >= 0.3 is 5.00 Å². The minimum atomic E-state index is -0.478. The van der Waals surface area contributed by atoms with Gasteiger partial charge in [-0.15, -0.1) is 12.4 Å². The Morgan fingerprint density at radius 1 is 1.13 bits per heavy atom. The first-order valence-corrected chi connectivity index (χ1v) is 11.4. The highest BCUT2D eigenvalue weighted by Crippen LogP contribution is 2.33. The summed E-state index contributed by atoms with van der Waals surface area (Å²) in [6, 6.07) is 8.54. The summed E-state index contributed by atoms with van der Waals surface area (Å²) in [5, 5.41) is 11.6. The molecule has 0 aliphatic carbocycles. The maximum absolute atomic E-state index is 13.3. The van der Waals surface area contributed by atoms with E-state index in [1.165, 1.54) is 23.5 Å². The van der Waals surface area contributed by atoms with Crippen LogP contribution < -0.4 is 9.64 Å². The lowest BCUT2D eigenvalue weighted by Gasteiger charge is -2.24. The van der Waals surface area contributed by atoms with E-state index in [0.29, 0.717) is 29.7 Å². The van der Waals surface area contributed by atoms with Gasteiger partial charge in [0, 0.05) is 19.2 Å². The predicted molar refractivity (Wildman–Crippen MR) is 128 cm³/mol. The van der Waals surface area contributed by atoms with E-state index in [0.717, 1.165) is 40.4 Å². The lowest BCUT2D eigenvalue weighted by atomic mass is 10.3. The Labute approximate surface area is 195 Å². The van der Waals surface area contributed by atoms with Crippen LogP contribution in [0.1, 0.15) is 30.4 Å². The third kappa shape index (κ3) is 5.91. The average molecular weight is 485 g/mol. The molecule has 8 nitrogen and oxygen atoms in total. The molecule has 0 N–H and O–H groups in total. The highest BCUT2D eigenvalue weighted by Gasteiger charge is 2.25. The SMILES string of the molecule is CCOc1ccc2nc(N(CCN(CC)CC)C(=O)c3ccc([N+](=O)[O-])s3)sc2c1.Cl. The van der Waals surface area contributed by atoms with Crippen molar-refractivity contribution in [2.45, 2.75) is 20.8 Å². The van der Waals surface area contributed by atoms with Crippen molar-refractivity contribution >= 4 is 61.3 Å². The number of hydrogen-bond acceptors (Lipinski definition) is 8. The molecule has 3 aromatic rings. The van der Waals surface area contributed by atoms with E-state index >= 15 is 0 Å². The molecule has 0 saturated carbocycles. The Kier molecular flexibility index (Phi) is 9.17. The second kappa shape index (κ2) is 11.4. The zero-order valence-electron chi connectivity index (χ0n) is 17.6. The van der Waals surface area contributed by atoms with Gasteiger partial charge in [-0.25, -0.2) is 4.98 Å². The maximum atomic E-state index is 13.3. The number of halogens is 1. The molecular weight excluding hydrogens is 460 g/mol. The largest absolute Gasteiger partial charge is 0.494 e. The topological polar surface area (TPSA) is 88.8 Å². The smallest absolute Gasteiger partial charge is 0.324 e. The summed E-state index contributed by atoms with van der Waals surface area (Å²) in [6.07, 6.45) is 0. The van der Waals surface area contributed by atoms with Crippen LogP contribution in [0.2, 0.25) is 0 Å². The number of fused-ring (bicyclic) bond motifs is 1. The Balaban J connectivity index is 0.00000341. The van der Waals surface area contributed by atoms with Gasteiger partial charge in [0.05, 0.1) is 26.6 Å². The predicted octanol–water partition coefficient (Wildman–Crippen LogP) is 5.08. The van der Waals surface area contributed by atoms with E-state index in [1.54, 1.807) is 4.90 Å². The fourth-order valence-corrected chi connectivity index (χ4v) is 4.79. The number of thiazole rings is 1. The molecule has 0 saturated heterocycles. The Morgan fingerprint density at radius 2 is 1.87 bits per heavy atom. The molecule has 0 atom stereocenters. The Hall–Kier alpha value is -2.27. The molecule has 1 aromatic carbocycles. The number of hydrogen-bond donors (Lipinski definition) is 0. The van der Waals surface area contributed by atoms with Crippen molar-refractivity contribution in [2.24, 2.45) is 0 Å². The maximum Gasteiger partial charge on any atom is 0.324 e. The van der Waals surface area contributed by atoms with Crippen molar-refractivity contribution in [3.8, 4) is 5.75 Å². The number of carbonyl (C=O) groups is 1. The summed E-state index contributed by atoms with van der Waals surface area (Å²) in [7, 11) is 0. The first kappa shape index (κ1) is 25.0. The summed E-state index contributed by atoms with van der Waals surface area (Å²) in [5.74, 6) is 0.486. The van der Waals surface area contributed by atoms with Crippen molar-refractivity contribution in [3.63, 3.8) is 0 Å². The van der Waals surface area contributed by atoms with Crippen LogP contribution >= 0.6 is 35.1 Å². The van der Waals surface area contributed by atoms with E-state index in [9.17, 15) is 14.9 Å². The molecule has 168 valence electrons. The number of amides is 1. The number of nitro groups is 1. The molecule has 0 spiro atoms. The number of carbonyl (C=O) groups excluding carboxylic acids is 1. The van der Waals surface area contributed by atoms with Crippen molar-refractivity contribution < 1.29 is 14.5 Å². The quantitative estimate of drug-likeness (QED) is 0.294. The zero-order valence-corrected chi connectivity index (χ0v) is 20.0. The van der Waals surface area contributed by atoms with Gasteiger partial charge in [0.1, 0.15) is 5.75 Å². The third-order valence-corrected chi connectivity index (χ3v) is 6.72. The van der Waals surface area contributed by atoms with Gasteiger partial charge in [-0.05, 0) is 44.3 Å². The lowest BCUT2D eigenvalue weighted by Crippen LogP contribution is -2.38. The highest BCUT2D eigenvalue weighted by atomic mass is 35.5. The third-order valence-electron chi connectivity index (χ3n) is 4.65. The van der Waals surface area contributed by atoms with Crippen LogP contribution in [-0.2, 0) is 0 Å². The minimum absolute atomic E-state index is 0. The Bertz CT molecular complexity index is 1040. The molecular formula is C20H25ClN4O4S2. The van der Waals surface area contributed by atoms with Crippen LogP contribution in [0.25, 0.3) is 10.2 Å². The van der Waals surface area contributed by atoms with Gasteiger partial charge in [0.15, 0.2) is 5.13 Å². The number of nitrogens with zero attached hydrogens (tertiary/aromatic N) is 4. The molecule has 0 aliphatic heterocycles. The van der Waals surface area contributed by atoms with Crippen LogP contribution in [0.15, 0.2) is 30.3 Å². The van der Waals surface area contributed by atoms with Gasteiger partial charge in [-0.2, -0.15) is 0 Å². The van der Waals surface area contributed by atoms with E-state index < -0.39 is 4.92 Å². The van der Waals surface area contributed by atoms with E-state index in [-0.39, 0.29) is 23.3 Å². The second-order valence-corrected chi connectivity index (χ2v) is 8.51. The number of anilines is 1. The number of thiophene rings is 1. The first-order valence-electron chi connectivity index (χ1n) is 9.78. The van der Waals surface area contributed by atoms with Crippen molar-refractivity contribution in [1.29, 1.82) is 0 Å². The van der Waals surface area contributed by atoms with Crippen LogP contribution in [-0.4, -0.2) is 53.5 Å². The van der Waals surface area contributed by atoms with Gasteiger partial charge in [-0.3, -0.25) is 19.8 Å². The van der Waals surface area contributed by atoms with Gasteiger partial charge < -0.3 is 9.64 Å². The van der Waals surface area contributed by atoms with Crippen LogP contribution in [0, 0.1) is 10.1 Å². The number of likely N-dealkylation sites (N-methyl/N-ethyl adjacent to an activating group) is 1. The Morgan fingerprint density at radius 3 is 2.48 bits per heavy atom. The van der Waals surface area contributed by atoms with Gasteiger partial charge in [-0.1, -0.05) is 36.5 Å². The summed E-state index contributed by atoms with van der Waals surface area (Å²) in [5.41, 5.74) is 0.788. The standard InChI is InChI=1S/C20H24N4O4S2.ClH/c1-4-22(5-2)11-12-23(19(25)16-9-10-18(29-16)24(26)27)20-21-15-8-7-14(28-6-3)13-17(15)30-20;/h7-10,13H,4-6,11-12H2,1-3H3;1H. The molecule has 1 amide bonds. The second-order valence-electron chi connectivity index (χ2n) is 6.44. The number of rotatable bonds is 10. The van der Waals surface area contributed by atoms with Crippen molar-refractivity contribution in [3.05, 3.63) is 45.3 Å². The van der Waals surface area contributed by atoms with E-state index in [2.05, 4.69) is 23.7 Å². The fraction of sp³-hybridized carbons (Fsp3) is 0.400. The summed E-state index contributed by atoms with van der Waals surface area (Å²) < 4.78 is 6.49. The molecule has 0 unspecified atom stereocenters. The van der Waals surface area contributed by atoms with Crippen LogP contribution in [0.5, 0.6) is 5.75 Å². The average Bonchev–Trinajstić information content (AvgIpc) is 3.38. The summed E-state index contributed by atoms with van der Waals surface area (Å²) in [4.78, 5) is 32.6. The van der Waals surface area contributed by atoms with Gasteiger partial charge in [0.25, 0.3) is 5.91 Å². The van der Waals surface area contributed by atoms with Crippen LogP contribution in [0.3, 0.4) is 0 Å². The highest BCUT2D eigenvalue weighted by molar-refractivity contribution is 7.22. The molecule has 0 bridgehead atoms. The summed E-state index contributed by atoms with van der Waals surface area (Å²) >= 11 is 2.30. The van der Waals surface area contributed by atoms with Crippen LogP contribution in [0.4, 0.5) is 10.1 Å². The lowest BCUT2D eigenvalue weighted by molar-refractivity contribution is -0.380. The molecule has 31 heavy (non-hydrogen) atoms. The molecule has 2 aromatic heterocycles. The van der Waals surface area contributed by atoms with Crippen molar-refractivity contribution in [2.75, 3.05) is 37.7 Å². The van der Waals surface area contributed by atoms with Crippen molar-refractivity contribution in [1.82, 2.24) is 9.88 Å². The van der Waals surface area contributed by atoms with E-state index in [1.807, 2.05) is 25.1 Å². The number of aromatic nitrogens is 1. The fourth-order valence-electron chi connectivity index (χ4n) is 3.00. The molecule has 11 heteroatoms. The van der Waals surface area contributed by atoms with Gasteiger partial charge in [0.2, 0.25) is 0 Å². The molecule has 0 fully saturated rings. The monoisotopic (exact) mass is 484 g/mol. The minimum Gasteiger partial charge on any atom is -0.494 e. The normalized spacial score (nSPS) is 10.8. The molecule has 0 aliphatic rings. The number of benzene rings is 1. The molecule has 3 rings (SSSR count). The number of ether oxygens (including phenoxy) is 1. The molecule has 0 radical (unpaired) electrons. The van der Waals surface area contributed by atoms with E-state index in [4.69, 9.17) is 4.74 Å². The first-order chi connectivity index (χ1) is 14.5. The zero-order chi connectivity index (χ0) is 21.7. The summed E-state index contributed by atoms with van der Waals surface area (Å²) in [6.45, 7) is 9.53.